The van der Waals surface area contributed by atoms with Crippen molar-refractivity contribution in [1.29, 1.82) is 0 Å². The highest BCUT2D eigenvalue weighted by molar-refractivity contribution is 6.30. The highest BCUT2D eigenvalue weighted by atomic mass is 35.5. The number of carbonyl (C=O) groups excluding carboxylic acids is 2. The van der Waals surface area contributed by atoms with Crippen molar-refractivity contribution in [3.63, 3.8) is 0 Å². The zero-order valence-electron chi connectivity index (χ0n) is 22.4. The van der Waals surface area contributed by atoms with E-state index < -0.39 is 0 Å². The first-order valence-corrected chi connectivity index (χ1v) is 13.7. The maximum atomic E-state index is 12.9. The standard InChI is InChI=1S/C31H30ClN5O3/c1-3-36(4-2)29(39)19-21-9-15-24(16-10-21)34-28(38)18-17-27-30(22-11-13-23(32)14-12-22)35-31(40-27)37-20-33-25-7-5-6-8-26(25)37/h5-16,20H,3-4,17-19H2,1-2H3,(H,34,38). The van der Waals surface area contributed by atoms with Gasteiger partial charge < -0.3 is 14.6 Å². The minimum atomic E-state index is -0.153. The van der Waals surface area contributed by atoms with Crippen LogP contribution in [0.1, 0.15) is 31.6 Å². The van der Waals surface area contributed by atoms with Gasteiger partial charge in [-0.3, -0.25) is 14.2 Å². The van der Waals surface area contributed by atoms with Gasteiger partial charge >= 0.3 is 6.01 Å². The topological polar surface area (TPSA) is 93.3 Å². The third-order valence-electron chi connectivity index (χ3n) is 6.75. The number of halogens is 1. The molecule has 204 valence electrons. The maximum absolute atomic E-state index is 12.9. The lowest BCUT2D eigenvalue weighted by Gasteiger charge is -2.18. The summed E-state index contributed by atoms with van der Waals surface area (Å²) >= 11 is 6.10. The van der Waals surface area contributed by atoms with E-state index in [2.05, 4.69) is 10.3 Å². The van der Waals surface area contributed by atoms with Crippen LogP contribution < -0.4 is 5.32 Å². The van der Waals surface area contributed by atoms with E-state index in [0.717, 1.165) is 22.2 Å². The van der Waals surface area contributed by atoms with E-state index >= 15 is 0 Å². The lowest BCUT2D eigenvalue weighted by Crippen LogP contribution is -2.31. The molecule has 0 aliphatic rings. The Hall–Kier alpha value is -4.43. The van der Waals surface area contributed by atoms with E-state index in [0.29, 0.717) is 54.1 Å². The van der Waals surface area contributed by atoms with E-state index in [1.54, 1.807) is 27.9 Å². The second-order valence-corrected chi connectivity index (χ2v) is 9.80. The number of amides is 2. The zero-order valence-corrected chi connectivity index (χ0v) is 23.2. The number of aryl methyl sites for hydroxylation is 1. The summed E-state index contributed by atoms with van der Waals surface area (Å²) in [5.41, 5.74) is 4.78. The van der Waals surface area contributed by atoms with Gasteiger partial charge in [0.15, 0.2) is 0 Å². The van der Waals surface area contributed by atoms with Crippen LogP contribution in [0.4, 0.5) is 5.69 Å². The smallest absolute Gasteiger partial charge is 0.308 e. The quantitative estimate of drug-likeness (QED) is 0.218. The van der Waals surface area contributed by atoms with Crippen molar-refractivity contribution >= 4 is 40.1 Å². The summed E-state index contributed by atoms with van der Waals surface area (Å²) < 4.78 is 8.00. The monoisotopic (exact) mass is 555 g/mol. The Morgan fingerprint density at radius 3 is 2.42 bits per heavy atom. The molecule has 5 aromatic rings. The molecule has 2 heterocycles. The second kappa shape index (κ2) is 12.2. The molecule has 8 nitrogen and oxygen atoms in total. The van der Waals surface area contributed by atoms with Gasteiger partial charge in [0.05, 0.1) is 17.5 Å². The van der Waals surface area contributed by atoms with Gasteiger partial charge in [0.1, 0.15) is 17.8 Å². The number of para-hydroxylation sites is 2. The molecule has 0 atom stereocenters. The molecule has 3 aromatic carbocycles. The number of fused-ring (bicyclic) bond motifs is 1. The molecular weight excluding hydrogens is 526 g/mol. The van der Waals surface area contributed by atoms with E-state index in [1.165, 1.54) is 0 Å². The average Bonchev–Trinajstić information content (AvgIpc) is 3.58. The summed E-state index contributed by atoms with van der Waals surface area (Å²) in [5.74, 6) is 0.531. The van der Waals surface area contributed by atoms with Gasteiger partial charge in [-0.05, 0) is 55.8 Å². The van der Waals surface area contributed by atoms with Crippen LogP contribution in [0.15, 0.2) is 83.5 Å². The van der Waals surface area contributed by atoms with Crippen LogP contribution in [0.5, 0.6) is 0 Å². The molecule has 0 radical (unpaired) electrons. The Balaban J connectivity index is 1.30. The van der Waals surface area contributed by atoms with Crippen molar-refractivity contribution in [3.8, 4) is 17.3 Å². The van der Waals surface area contributed by atoms with Crippen LogP contribution in [0.3, 0.4) is 0 Å². The Bertz CT molecular complexity index is 1620. The molecule has 0 saturated carbocycles. The molecule has 2 amide bonds. The van der Waals surface area contributed by atoms with Crippen molar-refractivity contribution in [1.82, 2.24) is 19.4 Å². The largest absolute Gasteiger partial charge is 0.427 e. The van der Waals surface area contributed by atoms with Crippen LogP contribution in [-0.4, -0.2) is 44.3 Å². The number of oxazole rings is 1. The first kappa shape index (κ1) is 27.1. The molecular formula is C31H30ClN5O3. The van der Waals surface area contributed by atoms with Gasteiger partial charge in [-0.1, -0.05) is 48.0 Å². The van der Waals surface area contributed by atoms with Crippen molar-refractivity contribution in [2.45, 2.75) is 33.1 Å². The summed E-state index contributed by atoms with van der Waals surface area (Å²) in [4.78, 5) is 36.2. The molecule has 0 saturated heterocycles. The van der Waals surface area contributed by atoms with Crippen molar-refractivity contribution in [3.05, 3.63) is 95.5 Å². The van der Waals surface area contributed by atoms with Gasteiger partial charge in [-0.15, -0.1) is 0 Å². The van der Waals surface area contributed by atoms with Crippen LogP contribution in [0.2, 0.25) is 5.02 Å². The van der Waals surface area contributed by atoms with E-state index in [-0.39, 0.29) is 18.2 Å². The lowest BCUT2D eigenvalue weighted by molar-refractivity contribution is -0.130. The highest BCUT2D eigenvalue weighted by Crippen LogP contribution is 2.29. The first-order chi connectivity index (χ1) is 19.4. The first-order valence-electron chi connectivity index (χ1n) is 13.3. The van der Waals surface area contributed by atoms with Crippen molar-refractivity contribution in [2.24, 2.45) is 0 Å². The predicted octanol–water partition coefficient (Wildman–Crippen LogP) is 6.32. The second-order valence-electron chi connectivity index (χ2n) is 9.37. The predicted molar refractivity (Wildman–Crippen MR) is 157 cm³/mol. The van der Waals surface area contributed by atoms with Gasteiger partial charge in [-0.25, -0.2) is 4.98 Å². The zero-order chi connectivity index (χ0) is 28.1. The molecule has 0 bridgehead atoms. The highest BCUT2D eigenvalue weighted by Gasteiger charge is 2.19. The number of likely N-dealkylation sites (N-methyl/N-ethyl adjacent to an activating group) is 1. The molecule has 5 rings (SSSR count). The Kier molecular flexibility index (Phi) is 8.26. The van der Waals surface area contributed by atoms with Gasteiger partial charge in [0.2, 0.25) is 11.8 Å². The van der Waals surface area contributed by atoms with Gasteiger partial charge in [0.25, 0.3) is 0 Å². The number of carbonyl (C=O) groups is 2. The fraction of sp³-hybridized carbons (Fsp3) is 0.226. The number of nitrogens with one attached hydrogen (secondary N) is 1. The number of benzene rings is 3. The van der Waals surface area contributed by atoms with E-state index in [1.807, 2.05) is 74.5 Å². The Morgan fingerprint density at radius 2 is 1.70 bits per heavy atom. The summed E-state index contributed by atoms with van der Waals surface area (Å²) in [6.07, 6.45) is 2.56. The van der Waals surface area contributed by atoms with Crippen LogP contribution in [-0.2, 0) is 22.4 Å². The number of rotatable bonds is 10. The SMILES string of the molecule is CCN(CC)C(=O)Cc1ccc(NC(=O)CCc2oc(-n3cnc4ccccc43)nc2-c2ccc(Cl)cc2)cc1. The molecule has 0 unspecified atom stereocenters. The fourth-order valence-corrected chi connectivity index (χ4v) is 4.70. The van der Waals surface area contributed by atoms with Crippen molar-refractivity contribution in [2.75, 3.05) is 18.4 Å². The number of nitrogens with zero attached hydrogens (tertiary/aromatic N) is 4. The Morgan fingerprint density at radius 1 is 0.975 bits per heavy atom. The maximum Gasteiger partial charge on any atom is 0.308 e. The molecule has 9 heteroatoms. The van der Waals surface area contributed by atoms with Crippen molar-refractivity contribution < 1.29 is 14.0 Å². The summed E-state index contributed by atoms with van der Waals surface area (Å²) in [7, 11) is 0. The summed E-state index contributed by atoms with van der Waals surface area (Å²) in [6, 6.07) is 22.9. The molecule has 0 aliphatic carbocycles. The minimum absolute atomic E-state index is 0.0911. The average molecular weight is 556 g/mol. The molecule has 0 aliphatic heterocycles. The molecule has 40 heavy (non-hydrogen) atoms. The summed E-state index contributed by atoms with van der Waals surface area (Å²) in [6.45, 7) is 5.32. The van der Waals surface area contributed by atoms with Crippen LogP contribution >= 0.6 is 11.6 Å². The van der Waals surface area contributed by atoms with E-state index in [9.17, 15) is 9.59 Å². The normalized spacial score (nSPS) is 11.1. The number of anilines is 1. The molecule has 1 N–H and O–H groups in total. The van der Waals surface area contributed by atoms with Gasteiger partial charge in [-0.2, -0.15) is 4.98 Å². The third kappa shape index (κ3) is 6.07. The summed E-state index contributed by atoms with van der Waals surface area (Å²) in [5, 5.41) is 3.56. The molecule has 2 aromatic heterocycles. The minimum Gasteiger partial charge on any atom is -0.427 e. The van der Waals surface area contributed by atoms with Crippen LogP contribution in [0, 0.1) is 0 Å². The van der Waals surface area contributed by atoms with Crippen LogP contribution in [0.25, 0.3) is 28.3 Å². The fourth-order valence-electron chi connectivity index (χ4n) is 4.58. The number of hydrogen-bond acceptors (Lipinski definition) is 5. The number of hydrogen-bond donors (Lipinski definition) is 1. The number of imidazole rings is 1. The lowest BCUT2D eigenvalue weighted by atomic mass is 10.1. The molecule has 0 fully saturated rings. The number of aromatic nitrogens is 3. The third-order valence-corrected chi connectivity index (χ3v) is 7.00. The Labute approximate surface area is 237 Å². The van der Waals surface area contributed by atoms with E-state index in [4.69, 9.17) is 21.0 Å². The van der Waals surface area contributed by atoms with Gasteiger partial charge in [0, 0.05) is 42.2 Å². The molecule has 0 spiro atoms.